The minimum absolute atomic E-state index is 0.191. The maximum absolute atomic E-state index is 5.27. The molecule has 12 aromatic carbocycles. The number of nitrogens with zero attached hydrogens (tertiary/aromatic N) is 17. The van der Waals surface area contributed by atoms with Crippen molar-refractivity contribution in [1.82, 2.24) is 84.7 Å². The second-order valence-corrected chi connectivity index (χ2v) is 39.0. The van der Waals surface area contributed by atoms with Crippen molar-refractivity contribution in [3.63, 3.8) is 0 Å². The van der Waals surface area contributed by atoms with E-state index >= 15 is 0 Å². The molecule has 686 valence electrons. The highest BCUT2D eigenvalue weighted by Crippen LogP contribution is 2.54. The van der Waals surface area contributed by atoms with Gasteiger partial charge in [-0.05, 0) is 101 Å². The zero-order valence-electron chi connectivity index (χ0n) is 80.8. The molecular weight excluding hydrogens is 1750 g/mol. The highest BCUT2D eigenvalue weighted by molar-refractivity contribution is 5.90. The fourth-order valence-corrected chi connectivity index (χ4v) is 20.2. The lowest BCUT2D eigenvalue weighted by molar-refractivity contribution is 0.616. The fraction of sp³-hybridized carbons (Fsp3) is 0.119. The molecule has 17 nitrogen and oxygen atoms in total. The molecule has 0 aliphatic heterocycles. The molecule has 0 saturated carbocycles. The first-order valence-corrected chi connectivity index (χ1v) is 48.3. The largest absolute Gasteiger partial charge is 0.256 e. The number of benzene rings is 12. The summed E-state index contributed by atoms with van der Waals surface area (Å²) in [5, 5.41) is 0. The predicted octanol–water partition coefficient (Wildman–Crippen LogP) is 28.7. The Balaban J connectivity index is 0.0000000995. The van der Waals surface area contributed by atoms with Crippen LogP contribution in [0.25, 0.3) is 191 Å². The van der Waals surface area contributed by atoms with Crippen molar-refractivity contribution < 1.29 is 0 Å². The van der Waals surface area contributed by atoms with E-state index in [2.05, 4.69) is 199 Å². The Morgan fingerprint density at radius 3 is 0.909 bits per heavy atom. The topological polar surface area (TPSA) is 219 Å². The van der Waals surface area contributed by atoms with Gasteiger partial charge in [-0.25, -0.2) is 74.8 Å². The lowest BCUT2D eigenvalue weighted by Gasteiger charge is -2.21. The molecule has 0 spiro atoms. The van der Waals surface area contributed by atoms with Crippen LogP contribution in [-0.4, -0.2) is 84.7 Å². The third-order valence-electron chi connectivity index (χ3n) is 27.9. The summed E-state index contributed by atoms with van der Waals surface area (Å²) < 4.78 is 0. The Morgan fingerprint density at radius 2 is 0.448 bits per heavy atom. The van der Waals surface area contributed by atoms with Crippen molar-refractivity contribution >= 4 is 22.1 Å². The predicted molar refractivity (Wildman–Crippen MR) is 572 cm³/mol. The van der Waals surface area contributed by atoms with Crippen LogP contribution in [0.2, 0.25) is 0 Å². The molecular formula is C126H97N17. The fourth-order valence-electron chi connectivity index (χ4n) is 20.2. The Hall–Kier alpha value is -17.8. The van der Waals surface area contributed by atoms with Gasteiger partial charge in [0, 0.05) is 124 Å². The first kappa shape index (κ1) is 89.1. The molecule has 0 amide bonds. The summed E-state index contributed by atoms with van der Waals surface area (Å²) in [5.74, 6) is 2.25. The van der Waals surface area contributed by atoms with Crippen molar-refractivity contribution in [2.24, 2.45) is 0 Å². The Labute approximate surface area is 830 Å². The van der Waals surface area contributed by atoms with Crippen LogP contribution in [0.4, 0.5) is 0 Å². The van der Waals surface area contributed by atoms with Crippen molar-refractivity contribution in [2.45, 2.75) is 96.3 Å². The molecule has 5 aliphatic carbocycles. The van der Waals surface area contributed by atoms with Crippen LogP contribution in [-0.2, 0) is 27.1 Å². The SMILES string of the molecule is CC1(C)c2cc(-c3ccccc3)ncc2-c2cnc(-c3ccccc3)nc21.CC1(C)c2ccc(-c3ccccc3)nc2-c2cnc(-c3ccccc3)nc21.CC1(C)c2cnc(-c3ccccc3)nc2-c2nc3ccccc3nc21.CC1(C)c2nc(-c3ccccc3)c(-c3ccccc3)nc2-c2nc3ccccc3nc21.CC1(C)c2nc(-c3ccccc3)ccc2-c2nc(-c3ccccc3)c(-c3ccccc3)nc21. The monoisotopic (exact) mass is 1850 g/mol. The molecule has 27 rings (SSSR count). The van der Waals surface area contributed by atoms with Crippen LogP contribution < -0.4 is 0 Å². The molecule has 0 fully saturated rings. The van der Waals surface area contributed by atoms with E-state index in [9.17, 15) is 0 Å². The third kappa shape index (κ3) is 16.2. The van der Waals surface area contributed by atoms with Gasteiger partial charge in [-0.15, -0.1) is 0 Å². The first-order chi connectivity index (χ1) is 69.7. The van der Waals surface area contributed by atoms with Crippen LogP contribution in [0.3, 0.4) is 0 Å². The molecule has 0 radical (unpaired) electrons. The molecule has 17 heteroatoms. The average molecular weight is 1850 g/mol. The van der Waals surface area contributed by atoms with E-state index in [1.807, 2.05) is 292 Å². The molecule has 10 aromatic heterocycles. The van der Waals surface area contributed by atoms with Gasteiger partial charge in [-0.2, -0.15) is 0 Å². The molecule has 0 saturated heterocycles. The van der Waals surface area contributed by atoms with E-state index in [-0.39, 0.29) is 27.1 Å². The first-order valence-electron chi connectivity index (χ1n) is 48.3. The summed E-state index contributed by atoms with van der Waals surface area (Å²) in [6, 6.07) is 129. The Bertz CT molecular complexity index is 8530. The molecule has 10 heterocycles. The number of rotatable bonds is 10. The summed E-state index contributed by atoms with van der Waals surface area (Å²) in [7, 11) is 0. The summed E-state index contributed by atoms with van der Waals surface area (Å²) in [5.41, 5.74) is 39.6. The highest BCUT2D eigenvalue weighted by Gasteiger charge is 2.46. The molecule has 0 unspecified atom stereocenters. The van der Waals surface area contributed by atoms with Crippen molar-refractivity contribution in [3.8, 4) is 169 Å². The highest BCUT2D eigenvalue weighted by atomic mass is 15.0. The van der Waals surface area contributed by atoms with Crippen LogP contribution >= 0.6 is 0 Å². The minimum atomic E-state index is -0.382. The lowest BCUT2D eigenvalue weighted by Crippen LogP contribution is -2.19. The normalized spacial score (nSPS) is 13.8. The van der Waals surface area contributed by atoms with Gasteiger partial charge in [-0.3, -0.25) is 9.97 Å². The van der Waals surface area contributed by atoms with E-state index in [1.54, 1.807) is 0 Å². The van der Waals surface area contributed by atoms with Crippen molar-refractivity contribution in [2.75, 3.05) is 0 Å². The molecule has 0 atom stereocenters. The average Bonchev–Trinajstić information content (AvgIpc) is 1.60. The van der Waals surface area contributed by atoms with Gasteiger partial charge in [0.05, 0.1) is 130 Å². The molecule has 5 aliphatic rings. The third-order valence-corrected chi connectivity index (χ3v) is 27.9. The number of fused-ring (bicyclic) bond motifs is 17. The lowest BCUT2D eigenvalue weighted by atomic mass is 9.85. The molecule has 143 heavy (non-hydrogen) atoms. The maximum Gasteiger partial charge on any atom is 0.159 e. The minimum Gasteiger partial charge on any atom is -0.256 e. The number of para-hydroxylation sites is 4. The maximum atomic E-state index is 5.27. The zero-order valence-corrected chi connectivity index (χ0v) is 80.8. The standard InChI is InChI=1S/C30H23N3.C27H20N4.2C24H19N3.C21H16N4/c1-30(2)28-23(18-19-24(31-28)20-12-6-3-7-13-20)27-29(30)33-26(22-16-10-5-11-17-22)25(32-27)21-14-8-4-9-15-21;1-27(2)25-23(28-19-15-9-10-16-20(19)29-25)24-26(27)31-22(18-13-7-4-8-14-18)21(30-24)17-11-5-3-6-12-17;1-24(2)20-13-21(16-9-5-3-6-10-16)25-14-18(20)19-15-26-23(27-22(19)24)17-11-7-4-8-12-17;1-24(2)19-13-14-20(16-9-5-3-6-10-16)26-21(19)18-15-25-23(27-22(18)24)17-11-7-4-8-12-17;1-21(2)14-12-22-20(13-8-4-3-5-9-13)25-17(14)18-19(21)24-16-11-7-6-10-15(16)23-18/h3-19H,1-2H3;3-16H,1-2H3;2*3-15H,1-2H3;3-12H,1-2H3. The van der Waals surface area contributed by atoms with Crippen molar-refractivity contribution in [3.05, 3.63) is 464 Å². The van der Waals surface area contributed by atoms with Gasteiger partial charge in [0.2, 0.25) is 0 Å². The van der Waals surface area contributed by atoms with E-state index in [4.69, 9.17) is 69.8 Å². The quantitative estimate of drug-likeness (QED) is 0.124. The van der Waals surface area contributed by atoms with Gasteiger partial charge in [0.15, 0.2) is 17.5 Å². The van der Waals surface area contributed by atoms with Crippen molar-refractivity contribution in [1.29, 1.82) is 0 Å². The number of hydrogen-bond acceptors (Lipinski definition) is 17. The Morgan fingerprint density at radius 1 is 0.147 bits per heavy atom. The summed E-state index contributed by atoms with van der Waals surface area (Å²) in [4.78, 5) is 84.0. The summed E-state index contributed by atoms with van der Waals surface area (Å²) in [6.07, 6.45) is 7.78. The van der Waals surface area contributed by atoms with Gasteiger partial charge in [0.25, 0.3) is 0 Å². The van der Waals surface area contributed by atoms with Crippen LogP contribution in [0.1, 0.15) is 126 Å². The second kappa shape index (κ2) is 36.2. The number of pyridine rings is 3. The second-order valence-electron chi connectivity index (χ2n) is 39.0. The van der Waals surface area contributed by atoms with E-state index in [0.29, 0.717) is 0 Å². The Kier molecular flexibility index (Phi) is 22.5. The summed E-state index contributed by atoms with van der Waals surface area (Å²) >= 11 is 0. The van der Waals surface area contributed by atoms with E-state index in [1.165, 1.54) is 11.1 Å². The van der Waals surface area contributed by atoms with Gasteiger partial charge >= 0.3 is 0 Å². The number of aromatic nitrogens is 17. The van der Waals surface area contributed by atoms with E-state index < -0.39 is 0 Å². The van der Waals surface area contributed by atoms with Gasteiger partial charge < -0.3 is 0 Å². The molecule has 22 aromatic rings. The molecule has 0 bridgehead atoms. The van der Waals surface area contributed by atoms with E-state index in [0.717, 1.165) is 237 Å². The summed E-state index contributed by atoms with van der Waals surface area (Å²) in [6.45, 7) is 21.9. The number of hydrogen-bond donors (Lipinski definition) is 0. The molecule has 0 N–H and O–H groups in total. The zero-order chi connectivity index (χ0) is 97.3. The van der Waals surface area contributed by atoms with Crippen LogP contribution in [0.15, 0.2) is 407 Å². The van der Waals surface area contributed by atoms with Crippen LogP contribution in [0, 0.1) is 0 Å². The smallest absolute Gasteiger partial charge is 0.159 e. The van der Waals surface area contributed by atoms with Gasteiger partial charge in [0.1, 0.15) is 17.1 Å². The van der Waals surface area contributed by atoms with Gasteiger partial charge in [-0.1, -0.05) is 361 Å². The van der Waals surface area contributed by atoms with Crippen LogP contribution in [0.5, 0.6) is 0 Å².